The van der Waals surface area contributed by atoms with Crippen molar-refractivity contribution in [3.05, 3.63) is 51.6 Å². The first-order valence-electron chi connectivity index (χ1n) is 8.46. The van der Waals surface area contributed by atoms with Crippen molar-refractivity contribution < 1.29 is 0 Å². The molecule has 0 amide bonds. The Kier molecular flexibility index (Phi) is 2.95. The lowest BCUT2D eigenvalue weighted by molar-refractivity contribution is 0.614. The second kappa shape index (κ2) is 5.03. The van der Waals surface area contributed by atoms with Crippen LogP contribution in [0.25, 0.3) is 20.7 Å². The van der Waals surface area contributed by atoms with Crippen LogP contribution in [0.2, 0.25) is 0 Å². The second-order valence-electron chi connectivity index (χ2n) is 6.54. The molecule has 0 atom stereocenters. The Labute approximate surface area is 138 Å². The van der Waals surface area contributed by atoms with Crippen LogP contribution in [0.4, 0.5) is 0 Å². The maximum atomic E-state index is 13.0. The Hall–Kier alpha value is -1.94. The number of nitrogens with zero attached hydrogens (tertiary/aromatic N) is 2. The molecule has 5 rings (SSSR count). The number of hydrogen-bond acceptors (Lipinski definition) is 3. The molecule has 23 heavy (non-hydrogen) atoms. The Morgan fingerprint density at radius 1 is 1.04 bits per heavy atom. The SMILES string of the molecule is O=c1c2sc3c(c2nc2n1CCCCC2)CCc1ccccc1-3. The summed E-state index contributed by atoms with van der Waals surface area (Å²) in [5.74, 6) is 0.999. The summed E-state index contributed by atoms with van der Waals surface area (Å²) in [6.45, 7) is 0.830. The van der Waals surface area contributed by atoms with Gasteiger partial charge in [-0.25, -0.2) is 4.98 Å². The van der Waals surface area contributed by atoms with Crippen molar-refractivity contribution in [1.29, 1.82) is 0 Å². The van der Waals surface area contributed by atoms with Gasteiger partial charge in [0.1, 0.15) is 10.5 Å². The van der Waals surface area contributed by atoms with E-state index in [-0.39, 0.29) is 5.56 Å². The van der Waals surface area contributed by atoms with Gasteiger partial charge >= 0.3 is 0 Å². The first-order valence-corrected chi connectivity index (χ1v) is 9.28. The summed E-state index contributed by atoms with van der Waals surface area (Å²) in [5, 5.41) is 0. The summed E-state index contributed by atoms with van der Waals surface area (Å²) >= 11 is 1.65. The fourth-order valence-corrected chi connectivity index (χ4v) is 5.27. The molecule has 2 aromatic heterocycles. The topological polar surface area (TPSA) is 34.9 Å². The molecule has 0 unspecified atom stereocenters. The minimum atomic E-state index is 0.184. The van der Waals surface area contributed by atoms with Gasteiger partial charge in [0.15, 0.2) is 0 Å². The second-order valence-corrected chi connectivity index (χ2v) is 7.56. The van der Waals surface area contributed by atoms with Crippen LogP contribution in [-0.4, -0.2) is 9.55 Å². The highest BCUT2D eigenvalue weighted by Crippen LogP contribution is 2.42. The number of benzene rings is 1. The lowest BCUT2D eigenvalue weighted by Gasteiger charge is -2.15. The molecule has 2 aliphatic rings. The molecule has 4 heteroatoms. The van der Waals surface area contributed by atoms with Crippen LogP contribution in [0.3, 0.4) is 0 Å². The first-order chi connectivity index (χ1) is 11.3. The summed E-state index contributed by atoms with van der Waals surface area (Å²) in [6, 6.07) is 8.59. The molecule has 0 saturated carbocycles. The summed E-state index contributed by atoms with van der Waals surface area (Å²) in [6.07, 6.45) is 6.42. The quantitative estimate of drug-likeness (QED) is 0.628. The van der Waals surface area contributed by atoms with E-state index in [1.807, 2.05) is 4.57 Å². The lowest BCUT2D eigenvalue weighted by Crippen LogP contribution is -2.23. The van der Waals surface area contributed by atoms with Gasteiger partial charge in [-0.05, 0) is 42.4 Å². The molecule has 3 heterocycles. The molecule has 0 spiro atoms. The Balaban J connectivity index is 1.83. The summed E-state index contributed by atoms with van der Waals surface area (Å²) in [4.78, 5) is 19.2. The Morgan fingerprint density at radius 3 is 2.91 bits per heavy atom. The van der Waals surface area contributed by atoms with E-state index in [2.05, 4.69) is 24.3 Å². The van der Waals surface area contributed by atoms with Gasteiger partial charge in [-0.3, -0.25) is 9.36 Å². The summed E-state index contributed by atoms with van der Waals surface area (Å²) in [7, 11) is 0. The van der Waals surface area contributed by atoms with Gasteiger partial charge in [-0.15, -0.1) is 11.3 Å². The van der Waals surface area contributed by atoms with Crippen molar-refractivity contribution in [1.82, 2.24) is 9.55 Å². The maximum Gasteiger partial charge on any atom is 0.271 e. The van der Waals surface area contributed by atoms with Crippen molar-refractivity contribution in [2.24, 2.45) is 0 Å². The van der Waals surface area contributed by atoms with Crippen LogP contribution in [0.5, 0.6) is 0 Å². The largest absolute Gasteiger partial charge is 0.295 e. The molecule has 116 valence electrons. The number of fused-ring (bicyclic) bond motifs is 6. The molecule has 3 nitrogen and oxygen atoms in total. The van der Waals surface area contributed by atoms with Gasteiger partial charge < -0.3 is 0 Å². The number of rotatable bonds is 0. The Morgan fingerprint density at radius 2 is 1.96 bits per heavy atom. The average molecular weight is 322 g/mol. The number of hydrogen-bond donors (Lipinski definition) is 0. The Bertz CT molecular complexity index is 983. The van der Waals surface area contributed by atoms with Gasteiger partial charge in [0.25, 0.3) is 5.56 Å². The molecule has 0 fully saturated rings. The van der Waals surface area contributed by atoms with E-state index in [1.165, 1.54) is 28.0 Å². The van der Waals surface area contributed by atoms with Gasteiger partial charge in [0.2, 0.25) is 0 Å². The van der Waals surface area contributed by atoms with Crippen LogP contribution in [0, 0.1) is 0 Å². The average Bonchev–Trinajstić information content (AvgIpc) is 2.79. The third-order valence-electron chi connectivity index (χ3n) is 5.16. The van der Waals surface area contributed by atoms with Gasteiger partial charge in [-0.1, -0.05) is 30.7 Å². The smallest absolute Gasteiger partial charge is 0.271 e. The highest BCUT2D eigenvalue weighted by Gasteiger charge is 2.25. The molecule has 1 aliphatic carbocycles. The zero-order chi connectivity index (χ0) is 15.4. The van der Waals surface area contributed by atoms with Crippen LogP contribution in [-0.2, 0) is 25.8 Å². The van der Waals surface area contributed by atoms with Crippen molar-refractivity contribution in [3.8, 4) is 10.4 Å². The highest BCUT2D eigenvalue weighted by molar-refractivity contribution is 7.22. The van der Waals surface area contributed by atoms with E-state index >= 15 is 0 Å². The fraction of sp³-hybridized carbons (Fsp3) is 0.368. The van der Waals surface area contributed by atoms with E-state index in [0.29, 0.717) is 0 Å². The summed E-state index contributed by atoms with van der Waals surface area (Å²) < 4.78 is 2.79. The molecule has 0 bridgehead atoms. The van der Waals surface area contributed by atoms with Gasteiger partial charge in [0.05, 0.1) is 5.52 Å². The zero-order valence-corrected chi connectivity index (χ0v) is 13.8. The van der Waals surface area contributed by atoms with E-state index in [9.17, 15) is 4.79 Å². The van der Waals surface area contributed by atoms with Crippen molar-refractivity contribution in [3.63, 3.8) is 0 Å². The van der Waals surface area contributed by atoms with Crippen LogP contribution < -0.4 is 5.56 Å². The molecule has 0 radical (unpaired) electrons. The first kappa shape index (κ1) is 13.5. The predicted molar refractivity (Wildman–Crippen MR) is 94.3 cm³/mol. The molecule has 0 saturated heterocycles. The number of thiophene rings is 1. The lowest BCUT2D eigenvalue weighted by atomic mass is 9.91. The maximum absolute atomic E-state index is 13.0. The molecule has 1 aliphatic heterocycles. The monoisotopic (exact) mass is 322 g/mol. The third kappa shape index (κ3) is 1.94. The fourth-order valence-electron chi connectivity index (χ4n) is 3.97. The summed E-state index contributed by atoms with van der Waals surface area (Å²) in [5.41, 5.74) is 5.17. The number of aromatic nitrogens is 2. The van der Waals surface area contributed by atoms with E-state index < -0.39 is 0 Å². The third-order valence-corrected chi connectivity index (χ3v) is 6.40. The molecule has 3 aromatic rings. The van der Waals surface area contributed by atoms with Crippen LogP contribution in [0.15, 0.2) is 29.1 Å². The van der Waals surface area contributed by atoms with E-state index in [0.717, 1.165) is 54.7 Å². The van der Waals surface area contributed by atoms with Crippen LogP contribution in [0.1, 0.15) is 36.2 Å². The standard InChI is InChI=1S/C19H18N2OS/c22-19-18-16(20-15-8-2-1-5-11-21(15)19)14-10-9-12-6-3-4-7-13(12)17(14)23-18/h3-4,6-7H,1-2,5,8-11H2. The van der Waals surface area contributed by atoms with E-state index in [1.54, 1.807) is 11.3 Å². The van der Waals surface area contributed by atoms with Crippen molar-refractivity contribution >= 4 is 21.6 Å². The molecule has 0 N–H and O–H groups in total. The van der Waals surface area contributed by atoms with Gasteiger partial charge in [0, 0.05) is 17.8 Å². The highest BCUT2D eigenvalue weighted by atomic mass is 32.1. The molecule has 1 aromatic carbocycles. The van der Waals surface area contributed by atoms with Gasteiger partial charge in [-0.2, -0.15) is 0 Å². The van der Waals surface area contributed by atoms with Crippen molar-refractivity contribution in [2.75, 3.05) is 0 Å². The molecular formula is C19H18N2OS. The van der Waals surface area contributed by atoms with Crippen molar-refractivity contribution in [2.45, 2.75) is 45.1 Å². The normalized spacial score (nSPS) is 16.5. The van der Waals surface area contributed by atoms with Crippen LogP contribution >= 0.6 is 11.3 Å². The minimum absolute atomic E-state index is 0.184. The zero-order valence-electron chi connectivity index (χ0n) is 13.0. The molecular weight excluding hydrogens is 304 g/mol. The van der Waals surface area contributed by atoms with E-state index in [4.69, 9.17) is 4.98 Å². The predicted octanol–water partition coefficient (Wildman–Crippen LogP) is 3.95. The minimum Gasteiger partial charge on any atom is -0.295 e. The number of aryl methyl sites for hydroxylation is 3.